The van der Waals surface area contributed by atoms with Crippen LogP contribution in [-0.2, 0) is 29.7 Å². The number of ether oxygens (including phenoxy) is 1. The predicted molar refractivity (Wildman–Crippen MR) is 140 cm³/mol. The van der Waals surface area contributed by atoms with E-state index in [4.69, 9.17) is 21.3 Å². The molecule has 39 heavy (non-hydrogen) atoms. The second-order valence-corrected chi connectivity index (χ2v) is 10.4. The summed E-state index contributed by atoms with van der Waals surface area (Å²) in [5.74, 6) is -1.68. The number of fused-ring (bicyclic) bond motifs is 4. The number of nitrogens with zero attached hydrogens (tertiary/aromatic N) is 4. The highest BCUT2D eigenvalue weighted by atomic mass is 35.5. The van der Waals surface area contributed by atoms with Crippen LogP contribution in [0, 0.1) is 11.6 Å². The number of aromatic nitrogens is 4. The molecule has 0 bridgehead atoms. The molecule has 11 heteroatoms. The lowest BCUT2D eigenvalue weighted by Gasteiger charge is -2.17. The highest BCUT2D eigenvalue weighted by Gasteiger charge is 2.40. The molecular weight excluding hydrogens is 528 g/mol. The van der Waals surface area contributed by atoms with Crippen LogP contribution in [0.5, 0.6) is 5.75 Å². The van der Waals surface area contributed by atoms with E-state index in [1.165, 1.54) is 0 Å². The first-order chi connectivity index (χ1) is 18.6. The smallest absolute Gasteiger partial charge is 0.277 e. The largest absolute Gasteiger partial charge is 0.485 e. The SMILES string of the molecule is CC1(C)C(=O)Nc2ccc(-c3cc4c(cn3)CCCc3cc(OCc5ncc(F)cc5F)c(Cl)c(=O)n3-4)nc21. The molecule has 0 unspecified atom stereocenters. The van der Waals surface area contributed by atoms with Crippen molar-refractivity contribution < 1.29 is 18.3 Å². The van der Waals surface area contributed by atoms with Crippen molar-refractivity contribution in [3.8, 4) is 22.8 Å². The summed E-state index contributed by atoms with van der Waals surface area (Å²) in [6.45, 7) is 3.30. The molecule has 8 nitrogen and oxygen atoms in total. The fraction of sp³-hybridized carbons (Fsp3) is 0.250. The number of hydrogen-bond acceptors (Lipinski definition) is 6. The number of hydrogen-bond donors (Lipinski definition) is 1. The van der Waals surface area contributed by atoms with Crippen molar-refractivity contribution in [2.24, 2.45) is 0 Å². The number of carbonyl (C=O) groups excluding carboxylic acids is 1. The molecule has 2 aliphatic heterocycles. The van der Waals surface area contributed by atoms with Gasteiger partial charge in [-0.25, -0.2) is 13.8 Å². The van der Waals surface area contributed by atoms with Crippen molar-refractivity contribution in [2.45, 2.75) is 45.1 Å². The van der Waals surface area contributed by atoms with Crippen LogP contribution in [0.1, 0.15) is 42.9 Å². The van der Waals surface area contributed by atoms with Gasteiger partial charge in [0.1, 0.15) is 28.9 Å². The molecule has 4 aromatic rings. The second-order valence-electron chi connectivity index (χ2n) is 10.0. The van der Waals surface area contributed by atoms with Gasteiger partial charge in [-0.15, -0.1) is 0 Å². The molecule has 0 aliphatic carbocycles. The lowest BCUT2D eigenvalue weighted by atomic mass is 9.90. The van der Waals surface area contributed by atoms with Gasteiger partial charge in [0.15, 0.2) is 5.82 Å². The number of carbonyl (C=O) groups is 1. The van der Waals surface area contributed by atoms with Gasteiger partial charge in [-0.3, -0.25) is 24.1 Å². The Bertz CT molecular complexity index is 1740. The van der Waals surface area contributed by atoms with Crippen LogP contribution in [0.3, 0.4) is 0 Å². The summed E-state index contributed by atoms with van der Waals surface area (Å²) in [4.78, 5) is 38.9. The maximum atomic E-state index is 14.0. The molecule has 0 saturated heterocycles. The molecule has 6 rings (SSSR count). The first kappa shape index (κ1) is 25.1. The van der Waals surface area contributed by atoms with Gasteiger partial charge in [0.2, 0.25) is 5.91 Å². The van der Waals surface area contributed by atoms with Gasteiger partial charge in [0.25, 0.3) is 5.56 Å². The topological polar surface area (TPSA) is 99.0 Å². The van der Waals surface area contributed by atoms with Crippen molar-refractivity contribution in [2.75, 3.05) is 5.32 Å². The van der Waals surface area contributed by atoms with Crippen LogP contribution in [-0.4, -0.2) is 25.4 Å². The van der Waals surface area contributed by atoms with Crippen molar-refractivity contribution in [3.63, 3.8) is 0 Å². The zero-order valence-corrected chi connectivity index (χ0v) is 21.8. The van der Waals surface area contributed by atoms with Crippen molar-refractivity contribution in [3.05, 3.63) is 92.4 Å². The van der Waals surface area contributed by atoms with Gasteiger partial charge < -0.3 is 10.1 Å². The van der Waals surface area contributed by atoms with E-state index in [-0.39, 0.29) is 29.0 Å². The predicted octanol–water partition coefficient (Wildman–Crippen LogP) is 4.92. The third-order valence-electron chi connectivity index (χ3n) is 7.09. The summed E-state index contributed by atoms with van der Waals surface area (Å²) in [7, 11) is 0. The van der Waals surface area contributed by atoms with E-state index in [2.05, 4.69) is 15.3 Å². The van der Waals surface area contributed by atoms with Gasteiger partial charge in [0.05, 0.1) is 40.1 Å². The van der Waals surface area contributed by atoms with Gasteiger partial charge in [-0.2, -0.15) is 0 Å². The number of amides is 1. The number of aryl methyl sites for hydroxylation is 2. The number of rotatable bonds is 4. The zero-order chi connectivity index (χ0) is 27.5. The molecule has 0 atom stereocenters. The third-order valence-corrected chi connectivity index (χ3v) is 7.44. The van der Waals surface area contributed by atoms with E-state index < -0.39 is 22.6 Å². The van der Waals surface area contributed by atoms with Crippen LogP contribution >= 0.6 is 11.6 Å². The lowest BCUT2D eigenvalue weighted by molar-refractivity contribution is -0.119. The number of nitrogens with one attached hydrogen (secondary N) is 1. The van der Waals surface area contributed by atoms with Gasteiger partial charge in [-0.1, -0.05) is 11.6 Å². The van der Waals surface area contributed by atoms with Crippen molar-refractivity contribution in [1.82, 2.24) is 19.5 Å². The first-order valence-corrected chi connectivity index (χ1v) is 12.7. The molecule has 6 heterocycles. The van der Waals surface area contributed by atoms with E-state index in [0.29, 0.717) is 53.1 Å². The average molecular weight is 550 g/mol. The van der Waals surface area contributed by atoms with Crippen LogP contribution in [0.2, 0.25) is 5.02 Å². The monoisotopic (exact) mass is 549 g/mol. The van der Waals surface area contributed by atoms with E-state index in [1.807, 2.05) is 13.8 Å². The van der Waals surface area contributed by atoms with Crippen LogP contribution < -0.4 is 15.6 Å². The minimum atomic E-state index is -0.852. The quantitative estimate of drug-likeness (QED) is 0.388. The second kappa shape index (κ2) is 9.23. The summed E-state index contributed by atoms with van der Waals surface area (Å²) in [6.07, 6.45) is 4.63. The molecule has 2 aliphatic rings. The molecule has 1 amide bonds. The molecule has 0 fully saturated rings. The highest BCUT2D eigenvalue weighted by Crippen LogP contribution is 2.37. The summed E-state index contributed by atoms with van der Waals surface area (Å²) >= 11 is 6.45. The summed E-state index contributed by atoms with van der Waals surface area (Å²) in [5, 5.41) is 2.68. The number of anilines is 1. The molecule has 0 spiro atoms. The fourth-order valence-electron chi connectivity index (χ4n) is 4.90. The molecule has 0 saturated carbocycles. The zero-order valence-electron chi connectivity index (χ0n) is 21.0. The Morgan fingerprint density at radius 1 is 1.08 bits per heavy atom. The highest BCUT2D eigenvalue weighted by molar-refractivity contribution is 6.31. The van der Waals surface area contributed by atoms with Crippen LogP contribution in [0.25, 0.3) is 17.1 Å². The Kier molecular flexibility index (Phi) is 5.95. The minimum absolute atomic E-state index is 0.0934. The Labute approximate surface area is 226 Å². The van der Waals surface area contributed by atoms with Crippen molar-refractivity contribution in [1.29, 1.82) is 0 Å². The Morgan fingerprint density at radius 2 is 1.90 bits per heavy atom. The molecule has 198 valence electrons. The van der Waals surface area contributed by atoms with E-state index in [1.54, 1.807) is 35.0 Å². The summed E-state index contributed by atoms with van der Waals surface area (Å²) in [5.41, 5.74) is 3.21. The van der Waals surface area contributed by atoms with Gasteiger partial charge in [0, 0.05) is 24.0 Å². The third kappa shape index (κ3) is 4.24. The van der Waals surface area contributed by atoms with Crippen LogP contribution in [0.4, 0.5) is 14.5 Å². The maximum absolute atomic E-state index is 14.0. The first-order valence-electron chi connectivity index (χ1n) is 12.3. The maximum Gasteiger partial charge on any atom is 0.277 e. The molecule has 0 radical (unpaired) electrons. The average Bonchev–Trinajstić information content (AvgIpc) is 3.02. The Hall–Kier alpha value is -4.18. The van der Waals surface area contributed by atoms with Gasteiger partial charge >= 0.3 is 0 Å². The van der Waals surface area contributed by atoms with E-state index >= 15 is 0 Å². The summed E-state index contributed by atoms with van der Waals surface area (Å²) in [6, 6.07) is 7.76. The lowest BCUT2D eigenvalue weighted by Crippen LogP contribution is -2.27. The van der Waals surface area contributed by atoms with Crippen molar-refractivity contribution >= 4 is 23.2 Å². The molecule has 4 aromatic heterocycles. The summed E-state index contributed by atoms with van der Waals surface area (Å²) < 4.78 is 34.4. The Morgan fingerprint density at radius 3 is 2.69 bits per heavy atom. The van der Waals surface area contributed by atoms with E-state index in [0.717, 1.165) is 18.2 Å². The Balaban J connectivity index is 1.39. The van der Waals surface area contributed by atoms with Gasteiger partial charge in [-0.05, 0) is 56.9 Å². The molecule has 0 aromatic carbocycles. The molecular formula is C28H22ClF2N5O3. The number of halogens is 3. The molecule has 1 N–H and O–H groups in total. The van der Waals surface area contributed by atoms with E-state index in [9.17, 15) is 18.4 Å². The minimum Gasteiger partial charge on any atom is -0.485 e. The van der Waals surface area contributed by atoms with Crippen LogP contribution in [0.15, 0.2) is 47.5 Å². The fourth-order valence-corrected chi connectivity index (χ4v) is 5.09. The standard InChI is InChI=1S/C28H22ClF2N5O3/c1-28(2)25-19(35-27(28)38)7-6-18(34-25)20-10-22-14(11-32-20)4-3-5-16-9-23(24(29)26(37)36(16)22)39-13-21-17(31)8-15(30)12-33-21/h6-12H,3-5,13H2,1-2H3,(H,35,38). The normalized spacial score (nSPS) is 15.2. The number of pyridine rings is 4.